The Labute approximate surface area is 215 Å². The second-order valence-electron chi connectivity index (χ2n) is 8.26. The van der Waals surface area contributed by atoms with Crippen LogP contribution in [0.3, 0.4) is 0 Å². The summed E-state index contributed by atoms with van der Waals surface area (Å²) < 4.78 is 27.0. The minimum absolute atomic E-state index is 0.0737. The molecular weight excluding hydrogens is 486 g/mol. The molecule has 5 aromatic rings. The fourth-order valence-electron chi connectivity index (χ4n) is 3.99. The summed E-state index contributed by atoms with van der Waals surface area (Å²) in [6.45, 7) is 3.68. The fourth-order valence-corrected chi connectivity index (χ4v) is 5.40. The van der Waals surface area contributed by atoms with Gasteiger partial charge in [0.15, 0.2) is 12.6 Å². The maximum atomic E-state index is 12.9. The summed E-state index contributed by atoms with van der Waals surface area (Å²) >= 11 is 0. The minimum atomic E-state index is -3.83. The molecule has 37 heavy (non-hydrogen) atoms. The lowest BCUT2D eigenvalue weighted by atomic mass is 10.1. The average molecular weight is 512 g/mol. The molecule has 0 bridgehead atoms. The number of benzene rings is 2. The summed E-state index contributed by atoms with van der Waals surface area (Å²) in [7, 11) is -3.83. The molecule has 7 nitrogen and oxygen atoms in total. The van der Waals surface area contributed by atoms with E-state index in [4.69, 9.17) is 0 Å². The van der Waals surface area contributed by atoms with Crippen LogP contribution in [0.25, 0.3) is 22.5 Å². The Balaban J connectivity index is 0.000000195. The number of aromatic amines is 1. The zero-order valence-electron chi connectivity index (χ0n) is 20.3. The highest BCUT2D eigenvalue weighted by Gasteiger charge is 2.24. The van der Waals surface area contributed by atoms with Crippen molar-refractivity contribution in [1.82, 2.24) is 13.9 Å². The predicted octanol–water partition coefficient (Wildman–Crippen LogP) is 5.71. The largest absolute Gasteiger partial charge is 0.360 e. The van der Waals surface area contributed by atoms with Gasteiger partial charge in [0.05, 0.1) is 5.69 Å². The van der Waals surface area contributed by atoms with E-state index in [9.17, 15) is 18.0 Å². The first-order valence-corrected chi connectivity index (χ1v) is 12.9. The molecule has 0 radical (unpaired) electrons. The fraction of sp³-hybridized carbons (Fsp3) is 0.0690. The van der Waals surface area contributed by atoms with E-state index in [0.717, 1.165) is 38.2 Å². The summed E-state index contributed by atoms with van der Waals surface area (Å²) in [5.74, 6) is 0. The first-order chi connectivity index (χ1) is 17.9. The van der Waals surface area contributed by atoms with Crippen molar-refractivity contribution < 1.29 is 18.0 Å². The molecule has 3 aromatic heterocycles. The van der Waals surface area contributed by atoms with Crippen LogP contribution in [0.4, 0.5) is 0 Å². The Bertz CT molecular complexity index is 1620. The molecule has 2 aromatic carbocycles. The number of hydrogen-bond acceptors (Lipinski definition) is 5. The van der Waals surface area contributed by atoms with Gasteiger partial charge >= 0.3 is 0 Å². The number of aldehydes is 2. The van der Waals surface area contributed by atoms with Crippen molar-refractivity contribution in [1.29, 1.82) is 0 Å². The van der Waals surface area contributed by atoms with Crippen LogP contribution in [0.5, 0.6) is 0 Å². The molecule has 0 unspecified atom stereocenters. The molecule has 3 heterocycles. The molecule has 0 saturated carbocycles. The third kappa shape index (κ3) is 5.19. The maximum absolute atomic E-state index is 12.9. The van der Waals surface area contributed by atoms with E-state index < -0.39 is 10.0 Å². The van der Waals surface area contributed by atoms with Gasteiger partial charge in [0, 0.05) is 41.6 Å². The van der Waals surface area contributed by atoms with E-state index >= 15 is 0 Å². The molecule has 1 N–H and O–H groups in total. The number of aromatic nitrogens is 3. The maximum Gasteiger partial charge on any atom is 0.269 e. The molecule has 0 aliphatic carbocycles. The van der Waals surface area contributed by atoms with Crippen molar-refractivity contribution in [2.45, 2.75) is 18.7 Å². The lowest BCUT2D eigenvalue weighted by Crippen LogP contribution is -2.13. The summed E-state index contributed by atoms with van der Waals surface area (Å²) in [5, 5.41) is 0. The molecule has 0 aliphatic heterocycles. The van der Waals surface area contributed by atoms with Gasteiger partial charge in [0.25, 0.3) is 10.0 Å². The number of nitrogens with zero attached hydrogens (tertiary/aromatic N) is 2. The first kappa shape index (κ1) is 25.5. The normalized spacial score (nSPS) is 10.9. The van der Waals surface area contributed by atoms with Crippen LogP contribution in [0.1, 0.15) is 31.8 Å². The van der Waals surface area contributed by atoms with Crippen LogP contribution < -0.4 is 0 Å². The Kier molecular flexibility index (Phi) is 7.60. The van der Waals surface area contributed by atoms with Gasteiger partial charge in [-0.2, -0.15) is 0 Å². The zero-order valence-corrected chi connectivity index (χ0v) is 21.1. The van der Waals surface area contributed by atoms with Crippen molar-refractivity contribution in [3.05, 3.63) is 120 Å². The lowest BCUT2D eigenvalue weighted by Gasteiger charge is -2.11. The second kappa shape index (κ2) is 11.0. The zero-order chi connectivity index (χ0) is 26.4. The highest BCUT2D eigenvalue weighted by atomic mass is 32.2. The number of pyridine rings is 1. The van der Waals surface area contributed by atoms with Crippen molar-refractivity contribution in [3.8, 4) is 22.5 Å². The van der Waals surface area contributed by atoms with E-state index in [1.165, 1.54) is 24.7 Å². The summed E-state index contributed by atoms with van der Waals surface area (Å²) in [6, 6.07) is 22.1. The van der Waals surface area contributed by atoms with Crippen LogP contribution in [0, 0.1) is 13.8 Å². The first-order valence-electron chi connectivity index (χ1n) is 11.4. The van der Waals surface area contributed by atoms with E-state index in [1.54, 1.807) is 19.2 Å². The monoisotopic (exact) mass is 511 g/mol. The van der Waals surface area contributed by atoms with E-state index in [0.29, 0.717) is 23.1 Å². The molecule has 0 fully saturated rings. The molecular formula is C29H25N3O4S. The highest BCUT2D eigenvalue weighted by molar-refractivity contribution is 7.90. The van der Waals surface area contributed by atoms with Gasteiger partial charge in [-0.05, 0) is 48.2 Å². The molecule has 5 rings (SSSR count). The number of carbonyl (C=O) groups is 2. The predicted molar refractivity (Wildman–Crippen MR) is 143 cm³/mol. The molecule has 0 amide bonds. The minimum Gasteiger partial charge on any atom is -0.360 e. The van der Waals surface area contributed by atoms with Crippen molar-refractivity contribution in [2.24, 2.45) is 0 Å². The van der Waals surface area contributed by atoms with Crippen LogP contribution in [0.2, 0.25) is 0 Å². The Morgan fingerprint density at radius 3 is 1.95 bits per heavy atom. The van der Waals surface area contributed by atoms with Gasteiger partial charge in [-0.3, -0.25) is 14.6 Å². The number of rotatable bonds is 6. The molecule has 186 valence electrons. The molecule has 0 saturated heterocycles. The number of carbonyl (C=O) groups excluding carboxylic acids is 2. The standard InChI is InChI=1S/C17H14N2O3S.C12H11NO/c1-13-15(12-20)11-19(17(13)14-6-3-2-4-7-14)23(21,22)16-8-5-9-18-10-16;1-9-11(8-14)7-13-12(9)10-5-3-2-4-6-10/h2-12H,1H3;2-8,13H,1H3. The van der Waals surface area contributed by atoms with Gasteiger partial charge in [0.2, 0.25) is 0 Å². The SMILES string of the molecule is Cc1c(C=O)c[nH]c1-c1ccccc1.Cc1c(C=O)cn(S(=O)(=O)c2cccnc2)c1-c1ccccc1. The van der Waals surface area contributed by atoms with E-state index in [1.807, 2.05) is 67.6 Å². The number of H-pyrrole nitrogens is 1. The number of nitrogens with one attached hydrogen (secondary N) is 1. The Hall–Kier alpha value is -4.56. The van der Waals surface area contributed by atoms with Crippen molar-refractivity contribution >= 4 is 22.6 Å². The number of hydrogen-bond donors (Lipinski definition) is 1. The average Bonchev–Trinajstić information content (AvgIpc) is 3.49. The van der Waals surface area contributed by atoms with Crippen molar-refractivity contribution in [3.63, 3.8) is 0 Å². The lowest BCUT2D eigenvalue weighted by molar-refractivity contribution is 0.111. The van der Waals surface area contributed by atoms with Crippen LogP contribution in [0.15, 0.2) is 102 Å². The van der Waals surface area contributed by atoms with Gasteiger partial charge in [-0.15, -0.1) is 0 Å². The molecule has 0 atom stereocenters. The smallest absolute Gasteiger partial charge is 0.269 e. The third-order valence-electron chi connectivity index (χ3n) is 6.00. The highest BCUT2D eigenvalue weighted by Crippen LogP contribution is 2.30. The van der Waals surface area contributed by atoms with E-state index in [-0.39, 0.29) is 4.90 Å². The van der Waals surface area contributed by atoms with Gasteiger partial charge < -0.3 is 4.98 Å². The summed E-state index contributed by atoms with van der Waals surface area (Å²) in [6.07, 6.45) is 7.43. The quantitative estimate of drug-likeness (QED) is 0.294. The van der Waals surface area contributed by atoms with Crippen LogP contribution >= 0.6 is 0 Å². The third-order valence-corrected chi connectivity index (χ3v) is 7.64. The van der Waals surface area contributed by atoms with Gasteiger partial charge in [-0.1, -0.05) is 60.7 Å². The van der Waals surface area contributed by atoms with Crippen LogP contribution in [-0.4, -0.2) is 34.9 Å². The molecule has 0 spiro atoms. The summed E-state index contributed by atoms with van der Waals surface area (Å²) in [5.41, 5.74) is 6.04. The summed E-state index contributed by atoms with van der Waals surface area (Å²) in [4.78, 5) is 29.0. The van der Waals surface area contributed by atoms with Crippen molar-refractivity contribution in [2.75, 3.05) is 0 Å². The van der Waals surface area contributed by atoms with Gasteiger partial charge in [0.1, 0.15) is 4.90 Å². The van der Waals surface area contributed by atoms with Gasteiger partial charge in [-0.25, -0.2) is 12.4 Å². The Morgan fingerprint density at radius 2 is 1.41 bits per heavy atom. The molecule has 0 aliphatic rings. The van der Waals surface area contributed by atoms with Crippen LogP contribution in [-0.2, 0) is 10.0 Å². The molecule has 8 heteroatoms. The van der Waals surface area contributed by atoms with E-state index in [2.05, 4.69) is 9.97 Å². The Morgan fingerprint density at radius 1 is 0.784 bits per heavy atom. The second-order valence-corrected chi connectivity index (χ2v) is 10.1. The topological polar surface area (TPSA) is 102 Å².